The lowest BCUT2D eigenvalue weighted by molar-refractivity contribution is -0.142. The van der Waals surface area contributed by atoms with E-state index in [0.29, 0.717) is 24.4 Å². The Balaban J connectivity index is 1.85. The summed E-state index contributed by atoms with van der Waals surface area (Å²) < 4.78 is 47.7. The Hall–Kier alpha value is -2.01. The van der Waals surface area contributed by atoms with Gasteiger partial charge in [0.15, 0.2) is 5.82 Å². The molecule has 2 aromatic heterocycles. The van der Waals surface area contributed by atoms with E-state index >= 15 is 0 Å². The number of nitrogens with zero attached hydrogens (tertiary/aromatic N) is 5. The highest BCUT2D eigenvalue weighted by Gasteiger charge is 2.35. The lowest BCUT2D eigenvalue weighted by Crippen LogP contribution is -2.44. The largest absolute Gasteiger partial charge is 0.408 e. The molecule has 0 N–H and O–H groups in total. The van der Waals surface area contributed by atoms with Gasteiger partial charge in [0.2, 0.25) is 0 Å². The average Bonchev–Trinajstić information content (AvgIpc) is 3.12. The third-order valence-corrected chi connectivity index (χ3v) is 4.67. The van der Waals surface area contributed by atoms with E-state index in [1.54, 1.807) is 11.8 Å². The number of aryl methyl sites for hydroxylation is 2. The standard InChI is InChI=1S/C14H16F3N5O2S/c1-8-11(9(2)25-20-8)13(23)22-3-4-24-5-10(22)12-18-7-21(19-12)6-14(15,16)17/h7,10H,3-6H2,1-2H3. The third-order valence-electron chi connectivity index (χ3n) is 3.83. The Morgan fingerprint density at radius 1 is 1.44 bits per heavy atom. The zero-order valence-corrected chi connectivity index (χ0v) is 14.4. The molecule has 11 heteroatoms. The molecular weight excluding hydrogens is 359 g/mol. The van der Waals surface area contributed by atoms with Gasteiger partial charge >= 0.3 is 6.18 Å². The van der Waals surface area contributed by atoms with Gasteiger partial charge < -0.3 is 9.64 Å². The minimum absolute atomic E-state index is 0.135. The summed E-state index contributed by atoms with van der Waals surface area (Å²) in [6.07, 6.45) is -3.37. The van der Waals surface area contributed by atoms with E-state index in [1.165, 1.54) is 11.5 Å². The van der Waals surface area contributed by atoms with Gasteiger partial charge in [-0.05, 0) is 25.4 Å². The van der Waals surface area contributed by atoms with Gasteiger partial charge in [-0.3, -0.25) is 4.79 Å². The minimum Gasteiger partial charge on any atom is -0.377 e. The fourth-order valence-electron chi connectivity index (χ4n) is 2.71. The second-order valence-corrected chi connectivity index (χ2v) is 6.68. The Kier molecular flexibility index (Phi) is 4.78. The number of aromatic nitrogens is 4. The molecule has 1 fully saturated rings. The Labute approximate surface area is 145 Å². The number of rotatable bonds is 3. The molecule has 0 aromatic carbocycles. The van der Waals surface area contributed by atoms with Crippen LogP contribution in [0, 0.1) is 13.8 Å². The molecule has 0 radical (unpaired) electrons. The summed E-state index contributed by atoms with van der Waals surface area (Å²) in [6, 6.07) is -0.630. The number of amides is 1. The molecule has 3 heterocycles. The molecule has 1 atom stereocenters. The first-order valence-corrected chi connectivity index (χ1v) is 8.31. The zero-order valence-electron chi connectivity index (χ0n) is 13.6. The smallest absolute Gasteiger partial charge is 0.377 e. The van der Waals surface area contributed by atoms with E-state index in [-0.39, 0.29) is 18.3 Å². The van der Waals surface area contributed by atoms with Gasteiger partial charge in [-0.25, -0.2) is 9.67 Å². The summed E-state index contributed by atoms with van der Waals surface area (Å²) >= 11 is 1.24. The molecule has 1 aliphatic rings. The Morgan fingerprint density at radius 3 is 2.84 bits per heavy atom. The van der Waals surface area contributed by atoms with E-state index < -0.39 is 18.8 Å². The first-order chi connectivity index (χ1) is 11.8. The van der Waals surface area contributed by atoms with Crippen LogP contribution >= 0.6 is 11.5 Å². The third kappa shape index (κ3) is 3.82. The molecule has 136 valence electrons. The van der Waals surface area contributed by atoms with Gasteiger partial charge in [-0.15, -0.1) is 0 Å². The molecule has 2 aromatic rings. The number of alkyl halides is 3. The number of ether oxygens (including phenoxy) is 1. The van der Waals surface area contributed by atoms with Crippen molar-refractivity contribution in [2.75, 3.05) is 19.8 Å². The van der Waals surface area contributed by atoms with Crippen molar-refractivity contribution >= 4 is 17.4 Å². The van der Waals surface area contributed by atoms with Crippen molar-refractivity contribution in [1.82, 2.24) is 24.0 Å². The van der Waals surface area contributed by atoms with E-state index in [9.17, 15) is 18.0 Å². The second kappa shape index (κ2) is 6.71. The lowest BCUT2D eigenvalue weighted by atomic mass is 10.1. The quantitative estimate of drug-likeness (QED) is 0.822. The summed E-state index contributed by atoms with van der Waals surface area (Å²) in [6.45, 7) is 3.13. The van der Waals surface area contributed by atoms with Crippen molar-refractivity contribution in [3.63, 3.8) is 0 Å². The minimum atomic E-state index is -4.39. The number of halogens is 3. The molecule has 1 amide bonds. The maximum atomic E-state index is 12.9. The SMILES string of the molecule is Cc1nsc(C)c1C(=O)N1CCOCC1c1ncn(CC(F)(F)F)n1. The van der Waals surface area contributed by atoms with Crippen molar-refractivity contribution < 1.29 is 22.7 Å². The predicted molar refractivity (Wildman–Crippen MR) is 82.3 cm³/mol. The number of carbonyl (C=O) groups excluding carboxylic acids is 1. The molecule has 1 saturated heterocycles. The molecule has 1 aliphatic heterocycles. The van der Waals surface area contributed by atoms with Crippen LogP contribution < -0.4 is 0 Å². The highest BCUT2D eigenvalue weighted by Crippen LogP contribution is 2.27. The van der Waals surface area contributed by atoms with Gasteiger partial charge in [0.25, 0.3) is 5.91 Å². The van der Waals surface area contributed by atoms with Crippen LogP contribution in [0.2, 0.25) is 0 Å². The molecule has 0 bridgehead atoms. The lowest BCUT2D eigenvalue weighted by Gasteiger charge is -2.34. The highest BCUT2D eigenvalue weighted by atomic mass is 32.1. The molecular formula is C14H16F3N5O2S. The second-order valence-electron chi connectivity index (χ2n) is 5.70. The van der Waals surface area contributed by atoms with E-state index in [0.717, 1.165) is 15.9 Å². The maximum absolute atomic E-state index is 12.9. The monoisotopic (exact) mass is 375 g/mol. The molecule has 3 rings (SSSR count). The highest BCUT2D eigenvalue weighted by molar-refractivity contribution is 7.06. The fourth-order valence-corrected chi connectivity index (χ4v) is 3.41. The average molecular weight is 375 g/mol. The fraction of sp³-hybridized carbons (Fsp3) is 0.571. The van der Waals surface area contributed by atoms with Crippen molar-refractivity contribution in [2.45, 2.75) is 32.6 Å². The van der Waals surface area contributed by atoms with Gasteiger partial charge in [0.1, 0.15) is 18.9 Å². The molecule has 25 heavy (non-hydrogen) atoms. The predicted octanol–water partition coefficient (Wildman–Crippen LogP) is 2.13. The van der Waals surface area contributed by atoms with E-state index in [2.05, 4.69) is 14.5 Å². The summed E-state index contributed by atoms with van der Waals surface area (Å²) in [5.41, 5.74) is 1.15. The van der Waals surface area contributed by atoms with Crippen molar-refractivity contribution in [2.24, 2.45) is 0 Å². The summed E-state index contributed by atoms with van der Waals surface area (Å²) in [7, 11) is 0. The van der Waals surface area contributed by atoms with Gasteiger partial charge in [0.05, 0.1) is 24.5 Å². The van der Waals surface area contributed by atoms with Crippen LogP contribution in [-0.4, -0.2) is 55.9 Å². The van der Waals surface area contributed by atoms with Gasteiger partial charge in [0, 0.05) is 11.4 Å². The topological polar surface area (TPSA) is 73.1 Å². The van der Waals surface area contributed by atoms with Crippen molar-refractivity contribution in [3.8, 4) is 0 Å². The molecule has 0 saturated carbocycles. The van der Waals surface area contributed by atoms with Gasteiger partial charge in [-0.1, -0.05) is 0 Å². The summed E-state index contributed by atoms with van der Waals surface area (Å²) in [5.74, 6) is -0.0972. The number of hydrogen-bond donors (Lipinski definition) is 0. The zero-order chi connectivity index (χ0) is 18.2. The van der Waals surface area contributed by atoms with Gasteiger partial charge in [-0.2, -0.15) is 22.6 Å². The van der Waals surface area contributed by atoms with E-state index in [1.807, 2.05) is 6.92 Å². The Morgan fingerprint density at radius 2 is 2.20 bits per heavy atom. The first kappa shape index (κ1) is 17.8. The van der Waals surface area contributed by atoms with Crippen LogP contribution in [0.1, 0.15) is 32.8 Å². The summed E-state index contributed by atoms with van der Waals surface area (Å²) in [4.78, 5) is 19.2. The Bertz CT molecular complexity index is 753. The molecule has 1 unspecified atom stereocenters. The molecule has 0 spiro atoms. The van der Waals surface area contributed by atoms with Crippen LogP contribution in [0.4, 0.5) is 13.2 Å². The van der Waals surface area contributed by atoms with E-state index in [4.69, 9.17) is 4.74 Å². The molecule has 0 aliphatic carbocycles. The van der Waals surface area contributed by atoms with Crippen LogP contribution in [0.3, 0.4) is 0 Å². The van der Waals surface area contributed by atoms with Crippen molar-refractivity contribution in [3.05, 3.63) is 28.3 Å². The van der Waals surface area contributed by atoms with Crippen LogP contribution in [0.15, 0.2) is 6.33 Å². The molecule has 7 nitrogen and oxygen atoms in total. The number of carbonyl (C=O) groups is 1. The van der Waals surface area contributed by atoms with Crippen molar-refractivity contribution in [1.29, 1.82) is 0 Å². The van der Waals surface area contributed by atoms with Crippen LogP contribution in [0.5, 0.6) is 0 Å². The normalized spacial score (nSPS) is 18.6. The number of morpholine rings is 1. The van der Waals surface area contributed by atoms with Crippen LogP contribution in [-0.2, 0) is 11.3 Å². The maximum Gasteiger partial charge on any atom is 0.408 e. The number of hydrogen-bond acceptors (Lipinski definition) is 6. The summed E-state index contributed by atoms with van der Waals surface area (Å²) in [5, 5.41) is 3.88. The first-order valence-electron chi connectivity index (χ1n) is 7.54. The van der Waals surface area contributed by atoms with Crippen LogP contribution in [0.25, 0.3) is 0 Å².